The molecule has 2 aromatic rings. The third-order valence-electron chi connectivity index (χ3n) is 5.08. The molecular formula is C21H17F6N3O3. The van der Waals surface area contributed by atoms with E-state index in [2.05, 4.69) is 5.32 Å². The Kier molecular flexibility index (Phi) is 6.14. The van der Waals surface area contributed by atoms with Crippen LogP contribution in [0.2, 0.25) is 0 Å². The number of rotatable bonds is 5. The summed E-state index contributed by atoms with van der Waals surface area (Å²) in [6.45, 7) is 1.40. The van der Waals surface area contributed by atoms with E-state index in [4.69, 9.17) is 0 Å². The monoisotopic (exact) mass is 473 g/mol. The number of nitrogens with one attached hydrogen (secondary N) is 2. The highest BCUT2D eigenvalue weighted by atomic mass is 19.4. The molecule has 0 aromatic heterocycles. The molecule has 1 fully saturated rings. The fourth-order valence-electron chi connectivity index (χ4n) is 3.25. The maximum atomic E-state index is 13.0. The molecule has 2 aromatic carbocycles. The maximum Gasteiger partial charge on any atom is 0.416 e. The number of imide groups is 1. The lowest BCUT2D eigenvalue weighted by Crippen LogP contribution is -2.49. The molecule has 4 amide bonds. The number of amides is 4. The number of urea groups is 1. The van der Waals surface area contributed by atoms with Gasteiger partial charge in [-0.2, -0.15) is 31.4 Å². The third kappa shape index (κ3) is 5.26. The number of nitrogens with zero attached hydrogens (tertiary/aromatic N) is 1. The summed E-state index contributed by atoms with van der Waals surface area (Å²) in [5.74, 6) is -2.39. The lowest BCUT2D eigenvalue weighted by atomic mass is 9.93. The van der Waals surface area contributed by atoms with Gasteiger partial charge in [-0.1, -0.05) is 30.3 Å². The van der Waals surface area contributed by atoms with Crippen molar-refractivity contribution in [1.82, 2.24) is 15.8 Å². The Balaban J connectivity index is 1.81. The van der Waals surface area contributed by atoms with Gasteiger partial charge < -0.3 is 5.32 Å². The van der Waals surface area contributed by atoms with Gasteiger partial charge in [-0.3, -0.25) is 15.0 Å². The van der Waals surface area contributed by atoms with Gasteiger partial charge in [0.25, 0.3) is 11.8 Å². The second kappa shape index (κ2) is 8.41. The maximum absolute atomic E-state index is 13.0. The Hall–Kier alpha value is -3.57. The van der Waals surface area contributed by atoms with Crippen LogP contribution in [0.5, 0.6) is 0 Å². The van der Waals surface area contributed by atoms with Crippen LogP contribution < -0.4 is 10.7 Å². The number of hydrogen-bond donors (Lipinski definition) is 2. The zero-order chi connectivity index (χ0) is 24.6. The average Bonchev–Trinajstić information content (AvgIpc) is 2.95. The summed E-state index contributed by atoms with van der Waals surface area (Å²) in [7, 11) is 0. The number of hydrazine groups is 1. The van der Waals surface area contributed by atoms with Crippen molar-refractivity contribution < 1.29 is 40.7 Å². The Bertz CT molecular complexity index is 1050. The first-order valence-corrected chi connectivity index (χ1v) is 9.52. The molecule has 2 N–H and O–H groups in total. The van der Waals surface area contributed by atoms with Crippen LogP contribution in [-0.2, 0) is 23.6 Å². The van der Waals surface area contributed by atoms with Crippen LogP contribution in [0, 0.1) is 0 Å². The molecule has 0 saturated carbocycles. The molecule has 3 rings (SSSR count). The van der Waals surface area contributed by atoms with Crippen LogP contribution in [0.3, 0.4) is 0 Å². The molecule has 0 aliphatic carbocycles. The van der Waals surface area contributed by atoms with Gasteiger partial charge in [0, 0.05) is 5.56 Å². The van der Waals surface area contributed by atoms with Crippen LogP contribution in [0.25, 0.3) is 0 Å². The molecule has 33 heavy (non-hydrogen) atoms. The van der Waals surface area contributed by atoms with Crippen molar-refractivity contribution in [3.63, 3.8) is 0 Å². The Labute approximate surface area is 183 Å². The minimum Gasteiger partial charge on any atom is -0.322 e. The lowest BCUT2D eigenvalue weighted by molar-refractivity contribution is -0.143. The zero-order valence-electron chi connectivity index (χ0n) is 17.0. The average molecular weight is 473 g/mol. The van der Waals surface area contributed by atoms with Gasteiger partial charge in [-0.05, 0) is 43.5 Å². The minimum absolute atomic E-state index is 0.134. The van der Waals surface area contributed by atoms with Crippen molar-refractivity contribution in [3.8, 4) is 0 Å². The lowest BCUT2D eigenvalue weighted by Gasteiger charge is -2.22. The number of aryl methyl sites for hydroxylation is 1. The second-order valence-corrected chi connectivity index (χ2v) is 7.62. The molecule has 0 bridgehead atoms. The van der Waals surface area contributed by atoms with E-state index in [0.29, 0.717) is 6.42 Å². The molecule has 1 aliphatic rings. The van der Waals surface area contributed by atoms with E-state index in [-0.39, 0.29) is 29.6 Å². The standard InChI is InChI=1S/C21H17F6N3O3/c1-19(8-7-12-5-3-2-4-6-12)17(32)30(18(33)28-19)29-16(31)13-9-14(20(22,23)24)11-15(10-13)21(25,26)27/h2-6,9-11H,7-8H2,1H3,(H,28,33)(H,29,31). The van der Waals surface area contributed by atoms with Crippen molar-refractivity contribution in [2.24, 2.45) is 0 Å². The number of benzene rings is 2. The van der Waals surface area contributed by atoms with Crippen molar-refractivity contribution in [1.29, 1.82) is 0 Å². The van der Waals surface area contributed by atoms with Gasteiger partial charge in [0.1, 0.15) is 5.54 Å². The van der Waals surface area contributed by atoms with Gasteiger partial charge in [-0.25, -0.2) is 4.79 Å². The fourth-order valence-corrected chi connectivity index (χ4v) is 3.25. The molecule has 12 heteroatoms. The van der Waals surface area contributed by atoms with Crippen molar-refractivity contribution >= 4 is 17.8 Å². The molecule has 1 saturated heterocycles. The van der Waals surface area contributed by atoms with E-state index in [0.717, 1.165) is 5.56 Å². The predicted octanol–water partition coefficient (Wildman–Crippen LogP) is 4.31. The number of hydrogen-bond acceptors (Lipinski definition) is 3. The normalized spacial score (nSPS) is 18.9. The molecule has 6 nitrogen and oxygen atoms in total. The van der Waals surface area contributed by atoms with Crippen LogP contribution >= 0.6 is 0 Å². The highest BCUT2D eigenvalue weighted by Gasteiger charge is 2.48. The largest absolute Gasteiger partial charge is 0.416 e. The number of halogens is 6. The molecule has 176 valence electrons. The van der Waals surface area contributed by atoms with E-state index in [1.54, 1.807) is 35.8 Å². The first-order chi connectivity index (χ1) is 15.2. The van der Waals surface area contributed by atoms with Crippen molar-refractivity contribution in [2.45, 2.75) is 37.7 Å². The highest BCUT2D eigenvalue weighted by molar-refractivity contribution is 6.09. The zero-order valence-corrected chi connectivity index (χ0v) is 17.0. The van der Waals surface area contributed by atoms with Gasteiger partial charge in [0.2, 0.25) is 0 Å². The first-order valence-electron chi connectivity index (χ1n) is 9.52. The van der Waals surface area contributed by atoms with Crippen molar-refractivity contribution in [3.05, 3.63) is 70.8 Å². The molecule has 1 aliphatic heterocycles. The van der Waals surface area contributed by atoms with Crippen LogP contribution in [0.15, 0.2) is 48.5 Å². The van der Waals surface area contributed by atoms with Crippen molar-refractivity contribution in [2.75, 3.05) is 0 Å². The summed E-state index contributed by atoms with van der Waals surface area (Å²) < 4.78 is 78.2. The summed E-state index contributed by atoms with van der Waals surface area (Å²) in [4.78, 5) is 37.4. The summed E-state index contributed by atoms with van der Waals surface area (Å²) in [6.07, 6.45) is -9.80. The number of carbonyl (C=O) groups excluding carboxylic acids is 3. The smallest absolute Gasteiger partial charge is 0.322 e. The third-order valence-corrected chi connectivity index (χ3v) is 5.08. The Morgan fingerprint density at radius 3 is 2.03 bits per heavy atom. The Morgan fingerprint density at radius 1 is 0.970 bits per heavy atom. The minimum atomic E-state index is -5.16. The van der Waals surface area contributed by atoms with Gasteiger partial charge in [0.05, 0.1) is 11.1 Å². The summed E-state index contributed by atoms with van der Waals surface area (Å²) in [6, 6.07) is 8.18. The van der Waals surface area contributed by atoms with E-state index >= 15 is 0 Å². The molecule has 1 unspecified atom stereocenters. The molecular weight excluding hydrogens is 456 g/mol. The predicted molar refractivity (Wildman–Crippen MR) is 102 cm³/mol. The molecule has 0 spiro atoms. The topological polar surface area (TPSA) is 78.5 Å². The molecule has 1 heterocycles. The van der Waals surface area contributed by atoms with Crippen LogP contribution in [0.4, 0.5) is 31.1 Å². The van der Waals surface area contributed by atoms with Gasteiger partial charge >= 0.3 is 18.4 Å². The molecule has 1 atom stereocenters. The SMILES string of the molecule is CC1(CCc2ccccc2)NC(=O)N(NC(=O)c2cc(C(F)(F)F)cc(C(F)(F)F)c2)C1=O. The van der Waals surface area contributed by atoms with Gasteiger partial charge in [-0.15, -0.1) is 0 Å². The Morgan fingerprint density at radius 2 is 1.52 bits per heavy atom. The fraction of sp³-hybridized carbons (Fsp3) is 0.286. The van der Waals surface area contributed by atoms with E-state index in [9.17, 15) is 40.7 Å². The number of alkyl halides is 6. The van der Waals surface area contributed by atoms with Gasteiger partial charge in [0.15, 0.2) is 0 Å². The highest BCUT2D eigenvalue weighted by Crippen LogP contribution is 2.36. The van der Waals surface area contributed by atoms with E-state index < -0.39 is 52.4 Å². The second-order valence-electron chi connectivity index (χ2n) is 7.62. The quantitative estimate of drug-likeness (QED) is 0.502. The van der Waals surface area contributed by atoms with E-state index in [1.807, 2.05) is 0 Å². The summed E-state index contributed by atoms with van der Waals surface area (Å²) >= 11 is 0. The molecule has 0 radical (unpaired) electrons. The first kappa shape index (κ1) is 24.1. The van der Waals surface area contributed by atoms with Crippen LogP contribution in [-0.4, -0.2) is 28.4 Å². The van der Waals surface area contributed by atoms with E-state index in [1.165, 1.54) is 6.92 Å². The summed E-state index contributed by atoms with van der Waals surface area (Å²) in [5, 5.41) is 2.64. The number of carbonyl (C=O) groups is 3. The van der Waals surface area contributed by atoms with Crippen LogP contribution in [0.1, 0.15) is 40.4 Å². The summed E-state index contributed by atoms with van der Waals surface area (Å²) in [5.41, 5.74) is -3.19.